The van der Waals surface area contributed by atoms with Crippen LogP contribution in [-0.4, -0.2) is 20.8 Å². The first kappa shape index (κ1) is 12.1. The van der Waals surface area contributed by atoms with E-state index >= 15 is 0 Å². The van der Waals surface area contributed by atoms with Crippen LogP contribution >= 0.6 is 11.5 Å². The minimum atomic E-state index is 0.0947. The Morgan fingerprint density at radius 1 is 1.25 bits per heavy atom. The molecule has 0 N–H and O–H groups in total. The van der Waals surface area contributed by atoms with Gasteiger partial charge in [-0.15, -0.1) is 0 Å². The molecule has 2 aromatic heterocycles. The minimum Gasteiger partial charge on any atom is -0.357 e. The fourth-order valence-electron chi connectivity index (χ4n) is 2.71. The van der Waals surface area contributed by atoms with Crippen molar-refractivity contribution in [1.82, 2.24) is 14.2 Å². The second-order valence-electron chi connectivity index (χ2n) is 5.07. The Balaban J connectivity index is 1.72. The van der Waals surface area contributed by atoms with Crippen molar-refractivity contribution < 1.29 is 4.74 Å². The highest BCUT2D eigenvalue weighted by Crippen LogP contribution is 2.31. The van der Waals surface area contributed by atoms with Gasteiger partial charge in [-0.3, -0.25) is 0 Å². The summed E-state index contributed by atoms with van der Waals surface area (Å²) in [6.45, 7) is 0.837. The summed E-state index contributed by atoms with van der Waals surface area (Å²) in [4.78, 5) is 0. The summed E-state index contributed by atoms with van der Waals surface area (Å²) in [7, 11) is 0. The Labute approximate surface area is 121 Å². The van der Waals surface area contributed by atoms with E-state index < -0.39 is 0 Å². The second kappa shape index (κ2) is 5.00. The summed E-state index contributed by atoms with van der Waals surface area (Å²) in [6, 6.07) is 6.30. The molecule has 3 aromatic rings. The predicted octanol–water partition coefficient (Wildman–Crippen LogP) is 3.86. The van der Waals surface area contributed by atoms with Crippen LogP contribution in [0.3, 0.4) is 0 Å². The van der Waals surface area contributed by atoms with Crippen LogP contribution in [0.5, 0.6) is 0 Å². The van der Waals surface area contributed by atoms with Gasteiger partial charge in [0.1, 0.15) is 6.23 Å². The molecule has 20 heavy (non-hydrogen) atoms. The first-order valence-electron chi connectivity index (χ1n) is 6.91. The quantitative estimate of drug-likeness (QED) is 0.718. The molecule has 4 nitrogen and oxygen atoms in total. The largest absolute Gasteiger partial charge is 0.357 e. The Hall–Kier alpha value is -1.72. The molecular formula is C15H15N3OS. The molecule has 0 saturated carbocycles. The lowest BCUT2D eigenvalue weighted by Crippen LogP contribution is -2.18. The fourth-order valence-corrected chi connectivity index (χ4v) is 3.38. The first-order valence-corrected chi connectivity index (χ1v) is 7.69. The Bertz CT molecular complexity index is 727. The highest BCUT2D eigenvalue weighted by molar-refractivity contribution is 7.13. The molecule has 0 amide bonds. The molecule has 1 saturated heterocycles. The van der Waals surface area contributed by atoms with Crippen molar-refractivity contribution in [2.75, 3.05) is 6.61 Å². The van der Waals surface area contributed by atoms with E-state index in [-0.39, 0.29) is 6.23 Å². The topological polar surface area (TPSA) is 39.9 Å². The zero-order valence-electron chi connectivity index (χ0n) is 11.0. The summed E-state index contributed by atoms with van der Waals surface area (Å²) < 4.78 is 13.2. The van der Waals surface area contributed by atoms with Crippen molar-refractivity contribution in [3.05, 3.63) is 36.8 Å². The molecule has 4 rings (SSSR count). The van der Waals surface area contributed by atoms with Crippen molar-refractivity contribution in [2.24, 2.45) is 0 Å². The van der Waals surface area contributed by atoms with E-state index in [1.54, 1.807) is 0 Å². The molecule has 5 heteroatoms. The van der Waals surface area contributed by atoms with E-state index in [0.717, 1.165) is 25.0 Å². The van der Waals surface area contributed by atoms with Gasteiger partial charge < -0.3 is 4.74 Å². The van der Waals surface area contributed by atoms with Gasteiger partial charge in [-0.25, -0.2) is 4.68 Å². The van der Waals surface area contributed by atoms with Crippen LogP contribution in [0.15, 0.2) is 36.8 Å². The van der Waals surface area contributed by atoms with Crippen LogP contribution in [0.25, 0.3) is 21.2 Å². The van der Waals surface area contributed by atoms with E-state index in [2.05, 4.69) is 33.9 Å². The maximum absolute atomic E-state index is 5.78. The van der Waals surface area contributed by atoms with Gasteiger partial charge in [-0.2, -0.15) is 9.47 Å². The summed E-state index contributed by atoms with van der Waals surface area (Å²) in [6.07, 6.45) is 9.45. The highest BCUT2D eigenvalue weighted by Gasteiger charge is 2.17. The van der Waals surface area contributed by atoms with Crippen LogP contribution in [0.1, 0.15) is 25.5 Å². The number of fused-ring (bicyclic) bond motifs is 1. The molecule has 1 aromatic carbocycles. The fraction of sp³-hybridized carbons (Fsp3) is 0.333. The maximum atomic E-state index is 5.78. The molecule has 1 aliphatic heterocycles. The standard InChI is InChI=1S/C15H15N3OS/c1-2-7-19-15(6-1)18-10-11(8-16-18)12-4-3-5-14-13(12)9-17-20-14/h3-5,8-10,15H,1-2,6-7H2. The zero-order valence-corrected chi connectivity index (χ0v) is 11.8. The van der Waals surface area contributed by atoms with Crippen LogP contribution in [0.2, 0.25) is 0 Å². The van der Waals surface area contributed by atoms with E-state index in [1.807, 2.05) is 17.1 Å². The van der Waals surface area contributed by atoms with Gasteiger partial charge in [0.15, 0.2) is 0 Å². The van der Waals surface area contributed by atoms with Crippen LogP contribution in [0, 0.1) is 0 Å². The molecule has 0 radical (unpaired) electrons. The molecule has 0 bridgehead atoms. The average Bonchev–Trinajstić information content (AvgIpc) is 3.17. The van der Waals surface area contributed by atoms with Crippen LogP contribution < -0.4 is 0 Å². The number of benzene rings is 1. The monoisotopic (exact) mass is 285 g/mol. The molecule has 1 atom stereocenters. The number of hydrogen-bond donors (Lipinski definition) is 0. The Morgan fingerprint density at radius 2 is 2.25 bits per heavy atom. The molecule has 0 aliphatic carbocycles. The lowest BCUT2D eigenvalue weighted by Gasteiger charge is -2.22. The van der Waals surface area contributed by atoms with Gasteiger partial charge in [-0.1, -0.05) is 12.1 Å². The zero-order chi connectivity index (χ0) is 13.4. The van der Waals surface area contributed by atoms with Gasteiger partial charge >= 0.3 is 0 Å². The molecular weight excluding hydrogens is 270 g/mol. The van der Waals surface area contributed by atoms with E-state index in [1.165, 1.54) is 33.6 Å². The third-order valence-corrected chi connectivity index (χ3v) is 4.53. The summed E-state index contributed by atoms with van der Waals surface area (Å²) in [5, 5.41) is 5.68. The first-order chi connectivity index (χ1) is 9.92. The lowest BCUT2D eigenvalue weighted by atomic mass is 10.1. The van der Waals surface area contributed by atoms with Gasteiger partial charge in [0.2, 0.25) is 0 Å². The molecule has 1 aliphatic rings. The van der Waals surface area contributed by atoms with Crippen molar-refractivity contribution in [2.45, 2.75) is 25.5 Å². The number of ether oxygens (including phenoxy) is 1. The third-order valence-electron chi connectivity index (χ3n) is 3.76. The van der Waals surface area contributed by atoms with Crippen LogP contribution in [-0.2, 0) is 4.74 Å². The third kappa shape index (κ3) is 2.03. The van der Waals surface area contributed by atoms with Gasteiger partial charge in [0.05, 0.1) is 10.9 Å². The summed E-state index contributed by atoms with van der Waals surface area (Å²) in [5.41, 5.74) is 2.32. The van der Waals surface area contributed by atoms with E-state index in [9.17, 15) is 0 Å². The molecule has 1 unspecified atom stereocenters. The normalized spacial score (nSPS) is 19.5. The van der Waals surface area contributed by atoms with Crippen molar-refractivity contribution in [1.29, 1.82) is 0 Å². The van der Waals surface area contributed by atoms with Gasteiger partial charge in [0.25, 0.3) is 0 Å². The number of rotatable bonds is 2. The van der Waals surface area contributed by atoms with Gasteiger partial charge in [0, 0.05) is 30.0 Å². The molecule has 3 heterocycles. The van der Waals surface area contributed by atoms with Crippen molar-refractivity contribution in [3.8, 4) is 11.1 Å². The highest BCUT2D eigenvalue weighted by atomic mass is 32.1. The van der Waals surface area contributed by atoms with Gasteiger partial charge in [-0.05, 0) is 42.4 Å². The Kier molecular flexibility index (Phi) is 3.01. The van der Waals surface area contributed by atoms with Crippen LogP contribution in [0.4, 0.5) is 0 Å². The minimum absolute atomic E-state index is 0.0947. The second-order valence-corrected chi connectivity index (χ2v) is 5.91. The smallest absolute Gasteiger partial charge is 0.150 e. The van der Waals surface area contributed by atoms with Crippen molar-refractivity contribution >= 4 is 21.6 Å². The van der Waals surface area contributed by atoms with E-state index in [0.29, 0.717) is 0 Å². The number of hydrogen-bond acceptors (Lipinski definition) is 4. The number of nitrogens with zero attached hydrogens (tertiary/aromatic N) is 3. The number of aromatic nitrogens is 3. The summed E-state index contributed by atoms with van der Waals surface area (Å²) >= 11 is 1.53. The average molecular weight is 285 g/mol. The summed E-state index contributed by atoms with van der Waals surface area (Å²) in [5.74, 6) is 0. The molecule has 1 fully saturated rings. The predicted molar refractivity (Wildman–Crippen MR) is 79.7 cm³/mol. The SMILES string of the molecule is c1cc(-c2cnn(C3CCCCO3)c2)c2cnsc2c1. The Morgan fingerprint density at radius 3 is 3.15 bits per heavy atom. The lowest BCUT2D eigenvalue weighted by molar-refractivity contribution is -0.0394. The van der Waals surface area contributed by atoms with E-state index in [4.69, 9.17) is 4.74 Å². The van der Waals surface area contributed by atoms with Crippen molar-refractivity contribution in [3.63, 3.8) is 0 Å². The molecule has 102 valence electrons. The maximum Gasteiger partial charge on any atom is 0.150 e. The molecule has 0 spiro atoms.